The fraction of sp³-hybridized carbons (Fsp3) is 0.636. The van der Waals surface area contributed by atoms with Crippen molar-refractivity contribution in [3.8, 4) is 5.88 Å². The van der Waals surface area contributed by atoms with Crippen molar-refractivity contribution in [2.24, 2.45) is 0 Å². The molecular weight excluding hydrogens is 206 g/mol. The van der Waals surface area contributed by atoms with Gasteiger partial charge in [-0.2, -0.15) is 5.10 Å². The van der Waals surface area contributed by atoms with Crippen molar-refractivity contribution in [1.82, 2.24) is 15.5 Å². The molecule has 2 atom stereocenters. The van der Waals surface area contributed by atoms with E-state index in [2.05, 4.69) is 15.5 Å². The van der Waals surface area contributed by atoms with E-state index >= 15 is 0 Å². The summed E-state index contributed by atoms with van der Waals surface area (Å²) in [7, 11) is 1.57. The second kappa shape index (κ2) is 5.23. The quantitative estimate of drug-likeness (QED) is 0.777. The van der Waals surface area contributed by atoms with Gasteiger partial charge >= 0.3 is 0 Å². The van der Waals surface area contributed by atoms with Gasteiger partial charge in [-0.05, 0) is 25.3 Å². The maximum absolute atomic E-state index is 9.63. The lowest BCUT2D eigenvalue weighted by Gasteiger charge is -2.15. The topological polar surface area (TPSA) is 67.3 Å². The first-order chi connectivity index (χ1) is 7.79. The lowest BCUT2D eigenvalue weighted by molar-refractivity contribution is 0.148. The highest BCUT2D eigenvalue weighted by atomic mass is 16.5. The molecule has 1 aliphatic carbocycles. The van der Waals surface area contributed by atoms with Gasteiger partial charge in [0, 0.05) is 18.7 Å². The number of nitrogens with one attached hydrogen (secondary N) is 1. The molecule has 16 heavy (non-hydrogen) atoms. The van der Waals surface area contributed by atoms with Gasteiger partial charge in [0.05, 0.1) is 18.9 Å². The number of nitrogens with zero attached hydrogens (tertiary/aromatic N) is 2. The third-order valence-corrected chi connectivity index (χ3v) is 2.93. The Balaban J connectivity index is 1.84. The van der Waals surface area contributed by atoms with Crippen LogP contribution in [0.3, 0.4) is 0 Å². The number of methoxy groups -OCH3 is 1. The number of hydrogen-bond acceptors (Lipinski definition) is 5. The number of aromatic nitrogens is 2. The van der Waals surface area contributed by atoms with Crippen LogP contribution in [0.4, 0.5) is 0 Å². The van der Waals surface area contributed by atoms with Crippen molar-refractivity contribution < 1.29 is 9.84 Å². The van der Waals surface area contributed by atoms with Crippen LogP contribution < -0.4 is 10.1 Å². The molecule has 0 unspecified atom stereocenters. The van der Waals surface area contributed by atoms with Gasteiger partial charge in [-0.25, -0.2) is 0 Å². The van der Waals surface area contributed by atoms with Crippen LogP contribution >= 0.6 is 0 Å². The van der Waals surface area contributed by atoms with E-state index < -0.39 is 0 Å². The Morgan fingerprint density at radius 3 is 2.88 bits per heavy atom. The van der Waals surface area contributed by atoms with Gasteiger partial charge in [-0.15, -0.1) is 5.10 Å². The lowest BCUT2D eigenvalue weighted by atomic mass is 10.2. The molecule has 2 rings (SSSR count). The largest absolute Gasteiger partial charge is 0.480 e. The molecule has 1 aliphatic rings. The first kappa shape index (κ1) is 11.3. The first-order valence-electron chi connectivity index (χ1n) is 5.57. The summed E-state index contributed by atoms with van der Waals surface area (Å²) in [6.45, 7) is 0.638. The number of aliphatic hydroxyl groups excluding tert-OH is 1. The van der Waals surface area contributed by atoms with Gasteiger partial charge in [0.15, 0.2) is 0 Å². The molecule has 5 nitrogen and oxygen atoms in total. The van der Waals surface area contributed by atoms with Crippen molar-refractivity contribution in [2.75, 3.05) is 7.11 Å². The Labute approximate surface area is 94.8 Å². The van der Waals surface area contributed by atoms with E-state index in [0.29, 0.717) is 12.4 Å². The summed E-state index contributed by atoms with van der Waals surface area (Å²) < 4.78 is 4.93. The normalized spacial score (nSPS) is 24.6. The lowest BCUT2D eigenvalue weighted by Crippen LogP contribution is -2.35. The van der Waals surface area contributed by atoms with Crippen LogP contribution in [0.15, 0.2) is 12.1 Å². The van der Waals surface area contributed by atoms with Crippen molar-refractivity contribution >= 4 is 0 Å². The summed E-state index contributed by atoms with van der Waals surface area (Å²) in [5.74, 6) is 0.518. The predicted octanol–water partition coefficient (Wildman–Crippen LogP) is 0.488. The Hall–Kier alpha value is -1.20. The molecule has 1 fully saturated rings. The van der Waals surface area contributed by atoms with E-state index in [0.717, 1.165) is 25.0 Å². The molecule has 1 aromatic rings. The van der Waals surface area contributed by atoms with E-state index in [1.807, 2.05) is 6.07 Å². The van der Waals surface area contributed by atoms with E-state index in [-0.39, 0.29) is 12.1 Å². The number of hydrogen-bond donors (Lipinski definition) is 2. The average molecular weight is 223 g/mol. The van der Waals surface area contributed by atoms with Crippen LogP contribution in [0.2, 0.25) is 0 Å². The van der Waals surface area contributed by atoms with Crippen molar-refractivity contribution in [2.45, 2.75) is 38.0 Å². The van der Waals surface area contributed by atoms with E-state index in [4.69, 9.17) is 4.74 Å². The number of ether oxygens (including phenoxy) is 1. The van der Waals surface area contributed by atoms with E-state index in [9.17, 15) is 5.11 Å². The van der Waals surface area contributed by atoms with Crippen molar-refractivity contribution in [1.29, 1.82) is 0 Å². The zero-order valence-electron chi connectivity index (χ0n) is 9.39. The molecular formula is C11H17N3O2. The summed E-state index contributed by atoms with van der Waals surface area (Å²) in [5, 5.41) is 20.8. The smallest absolute Gasteiger partial charge is 0.233 e. The van der Waals surface area contributed by atoms with Crippen LogP contribution in [0, 0.1) is 0 Å². The van der Waals surface area contributed by atoms with Gasteiger partial charge in [0.2, 0.25) is 5.88 Å². The minimum Gasteiger partial charge on any atom is -0.480 e. The molecule has 88 valence electrons. The number of aliphatic hydroxyl groups is 1. The van der Waals surface area contributed by atoms with Gasteiger partial charge in [-0.3, -0.25) is 0 Å². The first-order valence-corrected chi connectivity index (χ1v) is 5.57. The van der Waals surface area contributed by atoms with E-state index in [1.165, 1.54) is 0 Å². The fourth-order valence-electron chi connectivity index (χ4n) is 1.97. The summed E-state index contributed by atoms with van der Waals surface area (Å²) in [5.41, 5.74) is 0.861. The van der Waals surface area contributed by atoms with Crippen molar-refractivity contribution in [3.63, 3.8) is 0 Å². The third kappa shape index (κ3) is 2.68. The van der Waals surface area contributed by atoms with Crippen LogP contribution in [0.1, 0.15) is 25.0 Å². The van der Waals surface area contributed by atoms with Crippen molar-refractivity contribution in [3.05, 3.63) is 17.8 Å². The summed E-state index contributed by atoms with van der Waals surface area (Å²) >= 11 is 0. The third-order valence-electron chi connectivity index (χ3n) is 2.93. The van der Waals surface area contributed by atoms with Gasteiger partial charge in [-0.1, -0.05) is 0 Å². The monoisotopic (exact) mass is 223 g/mol. The van der Waals surface area contributed by atoms with Crippen LogP contribution in [0.25, 0.3) is 0 Å². The molecule has 1 saturated carbocycles. The maximum Gasteiger partial charge on any atom is 0.233 e. The minimum absolute atomic E-state index is 0.198. The van der Waals surface area contributed by atoms with Gasteiger partial charge < -0.3 is 15.2 Å². The molecule has 0 aromatic carbocycles. The zero-order valence-corrected chi connectivity index (χ0v) is 9.39. The van der Waals surface area contributed by atoms with Gasteiger partial charge in [0.25, 0.3) is 0 Å². The minimum atomic E-state index is -0.216. The summed E-state index contributed by atoms with van der Waals surface area (Å²) in [4.78, 5) is 0. The molecule has 0 bridgehead atoms. The highest BCUT2D eigenvalue weighted by Gasteiger charge is 2.24. The molecule has 1 heterocycles. The molecule has 0 radical (unpaired) electrons. The second-order valence-electron chi connectivity index (χ2n) is 4.05. The Bertz CT molecular complexity index is 329. The highest BCUT2D eigenvalue weighted by molar-refractivity contribution is 5.11. The maximum atomic E-state index is 9.63. The van der Waals surface area contributed by atoms with Crippen LogP contribution in [0.5, 0.6) is 5.88 Å². The van der Waals surface area contributed by atoms with Gasteiger partial charge in [0.1, 0.15) is 0 Å². The summed E-state index contributed by atoms with van der Waals surface area (Å²) in [6, 6.07) is 3.86. The molecule has 0 aliphatic heterocycles. The standard InChI is InChI=1S/C11H17N3O2/c1-16-11-6-5-8(13-14-11)7-12-9-3-2-4-10(9)15/h5-6,9-10,12,15H,2-4,7H2,1H3/t9-,10-/m1/s1. The number of rotatable bonds is 4. The van der Waals surface area contributed by atoms with E-state index in [1.54, 1.807) is 13.2 Å². The molecule has 2 N–H and O–H groups in total. The molecule has 0 saturated heterocycles. The molecule has 0 spiro atoms. The second-order valence-corrected chi connectivity index (χ2v) is 4.05. The Kier molecular flexibility index (Phi) is 3.69. The van der Waals surface area contributed by atoms with Crippen LogP contribution in [-0.4, -0.2) is 34.6 Å². The Morgan fingerprint density at radius 2 is 2.31 bits per heavy atom. The predicted molar refractivity (Wildman–Crippen MR) is 59.1 cm³/mol. The average Bonchev–Trinajstić information content (AvgIpc) is 2.73. The SMILES string of the molecule is COc1ccc(CN[C@@H]2CCC[C@H]2O)nn1. The molecule has 5 heteroatoms. The molecule has 0 amide bonds. The highest BCUT2D eigenvalue weighted by Crippen LogP contribution is 2.18. The fourth-order valence-corrected chi connectivity index (χ4v) is 1.97. The zero-order chi connectivity index (χ0) is 11.4. The van der Waals surface area contributed by atoms with Crippen LogP contribution in [-0.2, 0) is 6.54 Å². The Morgan fingerprint density at radius 1 is 1.44 bits per heavy atom. The summed E-state index contributed by atoms with van der Waals surface area (Å²) in [6.07, 6.45) is 2.80. The molecule has 1 aromatic heterocycles.